The minimum atomic E-state index is -0.853. The van der Waals surface area contributed by atoms with E-state index in [-0.39, 0.29) is 0 Å². The molecular formula is C11H15NO2. The lowest BCUT2D eigenvalue weighted by atomic mass is 10.0. The fourth-order valence-electron chi connectivity index (χ4n) is 1.32. The average molecular weight is 193 g/mol. The average Bonchev–Trinajstić information content (AvgIpc) is 2.16. The monoisotopic (exact) mass is 193 g/mol. The maximum Gasteiger partial charge on any atom is 0.335 e. The molecule has 0 spiro atoms. The van der Waals surface area contributed by atoms with Crippen LogP contribution in [0.2, 0.25) is 0 Å². The molecule has 0 aliphatic heterocycles. The second-order valence-electron chi connectivity index (χ2n) is 3.31. The lowest BCUT2D eigenvalue weighted by Crippen LogP contribution is -2.11. The molecule has 0 atom stereocenters. The van der Waals surface area contributed by atoms with Crippen LogP contribution in [0.4, 0.5) is 0 Å². The lowest BCUT2D eigenvalue weighted by molar-refractivity contribution is 0.0696. The van der Waals surface area contributed by atoms with E-state index in [0.717, 1.165) is 24.1 Å². The fourth-order valence-corrected chi connectivity index (χ4v) is 1.32. The number of likely N-dealkylation sites (N-methyl/N-ethyl adjacent to an activating group) is 1. The van der Waals surface area contributed by atoms with Crippen LogP contribution in [0.5, 0.6) is 0 Å². The standard InChI is InChI=1S/C11H15NO2/c1-8-3-4-9(5-6-12-2)7-10(8)11(13)14/h3-4,7,12H,5-6H2,1-2H3,(H,13,14). The molecule has 1 rings (SSSR count). The molecule has 0 radical (unpaired) electrons. The summed E-state index contributed by atoms with van der Waals surface area (Å²) in [5.41, 5.74) is 2.27. The summed E-state index contributed by atoms with van der Waals surface area (Å²) < 4.78 is 0. The zero-order valence-corrected chi connectivity index (χ0v) is 8.50. The van der Waals surface area contributed by atoms with Crippen molar-refractivity contribution in [1.29, 1.82) is 0 Å². The first-order chi connectivity index (χ1) is 6.65. The van der Waals surface area contributed by atoms with Gasteiger partial charge < -0.3 is 10.4 Å². The van der Waals surface area contributed by atoms with Gasteiger partial charge in [-0.3, -0.25) is 0 Å². The molecular weight excluding hydrogens is 178 g/mol. The molecule has 0 unspecified atom stereocenters. The number of nitrogens with one attached hydrogen (secondary N) is 1. The Bertz CT molecular complexity index is 334. The lowest BCUT2D eigenvalue weighted by Gasteiger charge is -2.05. The van der Waals surface area contributed by atoms with E-state index in [1.165, 1.54) is 0 Å². The van der Waals surface area contributed by atoms with Crippen molar-refractivity contribution >= 4 is 5.97 Å². The molecule has 0 fully saturated rings. The van der Waals surface area contributed by atoms with Gasteiger partial charge in [0.2, 0.25) is 0 Å². The Hall–Kier alpha value is -1.35. The van der Waals surface area contributed by atoms with Crippen LogP contribution in [-0.4, -0.2) is 24.7 Å². The van der Waals surface area contributed by atoms with Gasteiger partial charge in [-0.2, -0.15) is 0 Å². The Morgan fingerprint density at radius 1 is 1.50 bits per heavy atom. The van der Waals surface area contributed by atoms with Gasteiger partial charge in [0.25, 0.3) is 0 Å². The highest BCUT2D eigenvalue weighted by atomic mass is 16.4. The van der Waals surface area contributed by atoms with Crippen molar-refractivity contribution in [3.8, 4) is 0 Å². The molecule has 0 aromatic heterocycles. The molecule has 2 N–H and O–H groups in total. The van der Waals surface area contributed by atoms with Crippen molar-refractivity contribution in [2.75, 3.05) is 13.6 Å². The molecule has 0 aliphatic carbocycles. The van der Waals surface area contributed by atoms with Crippen LogP contribution >= 0.6 is 0 Å². The maximum absolute atomic E-state index is 10.8. The van der Waals surface area contributed by atoms with E-state index in [1.54, 1.807) is 6.07 Å². The number of benzene rings is 1. The van der Waals surface area contributed by atoms with Crippen LogP contribution in [0.1, 0.15) is 21.5 Å². The predicted molar refractivity (Wildman–Crippen MR) is 55.8 cm³/mol. The molecule has 0 saturated heterocycles. The third kappa shape index (κ3) is 2.57. The summed E-state index contributed by atoms with van der Waals surface area (Å²) >= 11 is 0. The van der Waals surface area contributed by atoms with E-state index in [2.05, 4.69) is 5.32 Å². The van der Waals surface area contributed by atoms with Crippen LogP contribution in [0, 0.1) is 6.92 Å². The van der Waals surface area contributed by atoms with Crippen LogP contribution in [0.15, 0.2) is 18.2 Å². The number of carboxylic acids is 1. The summed E-state index contributed by atoms with van der Waals surface area (Å²) in [6, 6.07) is 5.57. The summed E-state index contributed by atoms with van der Waals surface area (Å²) in [5, 5.41) is 11.9. The SMILES string of the molecule is CNCCc1ccc(C)c(C(=O)O)c1. The number of carboxylic acid groups (broad SMARTS) is 1. The summed E-state index contributed by atoms with van der Waals surface area (Å²) in [6.07, 6.45) is 0.858. The maximum atomic E-state index is 10.8. The Labute approximate surface area is 83.8 Å². The first-order valence-corrected chi connectivity index (χ1v) is 4.62. The molecule has 1 aromatic rings. The summed E-state index contributed by atoms with van der Waals surface area (Å²) in [5.74, 6) is -0.853. The molecule has 0 bridgehead atoms. The fraction of sp³-hybridized carbons (Fsp3) is 0.364. The largest absolute Gasteiger partial charge is 0.478 e. The van der Waals surface area contributed by atoms with Crippen molar-refractivity contribution in [2.45, 2.75) is 13.3 Å². The summed E-state index contributed by atoms with van der Waals surface area (Å²) in [6.45, 7) is 2.67. The molecule has 76 valence electrons. The normalized spacial score (nSPS) is 10.1. The van der Waals surface area contributed by atoms with Gasteiger partial charge >= 0.3 is 5.97 Å². The number of hydrogen-bond acceptors (Lipinski definition) is 2. The topological polar surface area (TPSA) is 49.3 Å². The van der Waals surface area contributed by atoms with E-state index in [0.29, 0.717) is 5.56 Å². The predicted octanol–water partition coefficient (Wildman–Crippen LogP) is 1.46. The smallest absolute Gasteiger partial charge is 0.335 e. The first-order valence-electron chi connectivity index (χ1n) is 4.62. The van der Waals surface area contributed by atoms with E-state index in [1.807, 2.05) is 26.1 Å². The van der Waals surface area contributed by atoms with Gasteiger partial charge in [0.05, 0.1) is 5.56 Å². The third-order valence-electron chi connectivity index (χ3n) is 2.20. The third-order valence-corrected chi connectivity index (χ3v) is 2.20. The molecule has 0 aliphatic rings. The van der Waals surface area contributed by atoms with Gasteiger partial charge in [-0.05, 0) is 44.1 Å². The molecule has 3 heteroatoms. The van der Waals surface area contributed by atoms with Crippen molar-refractivity contribution in [1.82, 2.24) is 5.32 Å². The van der Waals surface area contributed by atoms with Crippen LogP contribution < -0.4 is 5.32 Å². The van der Waals surface area contributed by atoms with Crippen molar-refractivity contribution in [3.05, 3.63) is 34.9 Å². The molecule has 14 heavy (non-hydrogen) atoms. The molecule has 3 nitrogen and oxygen atoms in total. The minimum Gasteiger partial charge on any atom is -0.478 e. The quantitative estimate of drug-likeness (QED) is 0.761. The zero-order chi connectivity index (χ0) is 10.6. The van der Waals surface area contributed by atoms with Crippen molar-refractivity contribution in [2.24, 2.45) is 0 Å². The Balaban J connectivity index is 2.89. The minimum absolute atomic E-state index is 0.401. The van der Waals surface area contributed by atoms with E-state index in [9.17, 15) is 4.79 Å². The number of aryl methyl sites for hydroxylation is 1. The highest BCUT2D eigenvalue weighted by molar-refractivity contribution is 5.89. The van der Waals surface area contributed by atoms with Crippen LogP contribution in [0.3, 0.4) is 0 Å². The van der Waals surface area contributed by atoms with Crippen LogP contribution in [0.25, 0.3) is 0 Å². The number of hydrogen-bond donors (Lipinski definition) is 2. The van der Waals surface area contributed by atoms with E-state index < -0.39 is 5.97 Å². The van der Waals surface area contributed by atoms with Gasteiger partial charge in [0, 0.05) is 0 Å². The van der Waals surface area contributed by atoms with Gasteiger partial charge in [0.15, 0.2) is 0 Å². The van der Waals surface area contributed by atoms with E-state index >= 15 is 0 Å². The van der Waals surface area contributed by atoms with Crippen LogP contribution in [-0.2, 0) is 6.42 Å². The van der Waals surface area contributed by atoms with Gasteiger partial charge in [-0.25, -0.2) is 4.79 Å². The highest BCUT2D eigenvalue weighted by Crippen LogP contribution is 2.11. The van der Waals surface area contributed by atoms with Crippen molar-refractivity contribution in [3.63, 3.8) is 0 Å². The van der Waals surface area contributed by atoms with Gasteiger partial charge in [-0.1, -0.05) is 12.1 Å². The van der Waals surface area contributed by atoms with Gasteiger partial charge in [0.1, 0.15) is 0 Å². The Morgan fingerprint density at radius 3 is 2.79 bits per heavy atom. The molecule has 0 saturated carbocycles. The summed E-state index contributed by atoms with van der Waals surface area (Å²) in [7, 11) is 1.88. The Morgan fingerprint density at radius 2 is 2.21 bits per heavy atom. The second kappa shape index (κ2) is 4.77. The number of aromatic carboxylic acids is 1. The van der Waals surface area contributed by atoms with Crippen molar-refractivity contribution < 1.29 is 9.90 Å². The second-order valence-corrected chi connectivity index (χ2v) is 3.31. The summed E-state index contributed by atoms with van der Waals surface area (Å²) in [4.78, 5) is 10.8. The Kier molecular flexibility index (Phi) is 3.65. The zero-order valence-electron chi connectivity index (χ0n) is 8.50. The first kappa shape index (κ1) is 10.7. The van der Waals surface area contributed by atoms with Gasteiger partial charge in [-0.15, -0.1) is 0 Å². The molecule has 0 amide bonds. The highest BCUT2D eigenvalue weighted by Gasteiger charge is 2.06. The number of rotatable bonds is 4. The molecule has 0 heterocycles. The number of carbonyl (C=O) groups is 1. The molecule has 1 aromatic carbocycles. The van der Waals surface area contributed by atoms with E-state index in [4.69, 9.17) is 5.11 Å².